The number of phenolic OH excluding ortho intramolecular Hbond substituents is 1. The first-order valence-corrected chi connectivity index (χ1v) is 10.1. The summed E-state index contributed by atoms with van der Waals surface area (Å²) in [6.07, 6.45) is 4.42. The van der Waals surface area contributed by atoms with Crippen LogP contribution in [-0.2, 0) is 17.6 Å². The summed E-state index contributed by atoms with van der Waals surface area (Å²) in [5.74, 6) is -0.585. The van der Waals surface area contributed by atoms with Crippen LogP contribution < -0.4 is 10.4 Å². The fourth-order valence-corrected chi connectivity index (χ4v) is 4.06. The van der Waals surface area contributed by atoms with E-state index in [0.29, 0.717) is 0 Å². The molecule has 1 aliphatic heterocycles. The van der Waals surface area contributed by atoms with E-state index in [2.05, 4.69) is 4.90 Å². The summed E-state index contributed by atoms with van der Waals surface area (Å²) in [6.45, 7) is 0.768. The molecule has 0 saturated heterocycles. The second-order valence-electron chi connectivity index (χ2n) is 7.57. The Bertz CT molecular complexity index is 1090. The number of rotatable bonds is 5. The average molecular weight is 418 g/mol. The Morgan fingerprint density at radius 3 is 2.55 bits per heavy atom. The lowest BCUT2D eigenvalue weighted by Crippen LogP contribution is -2.36. The van der Waals surface area contributed by atoms with Gasteiger partial charge in [0.25, 0.3) is 5.91 Å². The van der Waals surface area contributed by atoms with E-state index < -0.39 is 5.91 Å². The van der Waals surface area contributed by atoms with Crippen LogP contribution in [0.25, 0.3) is 6.08 Å². The second kappa shape index (κ2) is 9.02. The van der Waals surface area contributed by atoms with E-state index in [9.17, 15) is 14.3 Å². The molecule has 1 unspecified atom stereocenters. The van der Waals surface area contributed by atoms with Crippen molar-refractivity contribution in [2.45, 2.75) is 18.9 Å². The number of halogens is 1. The Morgan fingerprint density at radius 2 is 1.84 bits per heavy atom. The van der Waals surface area contributed by atoms with Crippen LogP contribution in [0.5, 0.6) is 5.75 Å². The van der Waals surface area contributed by atoms with Gasteiger partial charge in [-0.15, -0.1) is 0 Å². The standard InChI is InChI=1S/C25H23FN2O3/c26-20-6-8-21(9-7-20)28-14-13-19-16-22(29)10-11-23(19)24(28)15-18-3-1-17(2-4-18)5-12-25(30)27-31/h1-12,16,24,29,31H,13-15H2,(H,27,30)/b12-5+. The van der Waals surface area contributed by atoms with Crippen molar-refractivity contribution in [2.24, 2.45) is 0 Å². The maximum atomic E-state index is 13.5. The highest BCUT2D eigenvalue weighted by Gasteiger charge is 2.28. The molecule has 3 aromatic rings. The molecule has 0 saturated carbocycles. The van der Waals surface area contributed by atoms with Crippen molar-refractivity contribution < 1.29 is 19.5 Å². The molecule has 4 rings (SSSR count). The van der Waals surface area contributed by atoms with Gasteiger partial charge in [-0.1, -0.05) is 30.3 Å². The number of anilines is 1. The molecule has 31 heavy (non-hydrogen) atoms. The lowest BCUT2D eigenvalue weighted by atomic mass is 9.88. The third kappa shape index (κ3) is 4.75. The van der Waals surface area contributed by atoms with Crippen LogP contribution in [-0.4, -0.2) is 22.8 Å². The molecule has 5 nitrogen and oxygen atoms in total. The summed E-state index contributed by atoms with van der Waals surface area (Å²) in [6, 6.07) is 19.9. The van der Waals surface area contributed by atoms with Crippen molar-refractivity contribution in [3.05, 3.63) is 101 Å². The highest BCUT2D eigenvalue weighted by molar-refractivity contribution is 5.90. The van der Waals surface area contributed by atoms with Crippen LogP contribution in [0.2, 0.25) is 0 Å². The largest absolute Gasteiger partial charge is 0.508 e. The number of nitrogens with zero attached hydrogens (tertiary/aromatic N) is 1. The summed E-state index contributed by atoms with van der Waals surface area (Å²) < 4.78 is 13.5. The number of fused-ring (bicyclic) bond motifs is 1. The highest BCUT2D eigenvalue weighted by Crippen LogP contribution is 2.37. The van der Waals surface area contributed by atoms with Gasteiger partial charge in [0.1, 0.15) is 11.6 Å². The summed E-state index contributed by atoms with van der Waals surface area (Å²) in [7, 11) is 0. The predicted octanol–water partition coefficient (Wildman–Crippen LogP) is 4.40. The third-order valence-electron chi connectivity index (χ3n) is 5.59. The van der Waals surface area contributed by atoms with Crippen molar-refractivity contribution >= 4 is 17.7 Å². The zero-order valence-corrected chi connectivity index (χ0v) is 16.8. The molecular formula is C25H23FN2O3. The molecule has 0 bridgehead atoms. The number of hydrogen-bond donors (Lipinski definition) is 3. The van der Waals surface area contributed by atoms with Crippen LogP contribution in [0, 0.1) is 5.82 Å². The van der Waals surface area contributed by atoms with E-state index in [-0.39, 0.29) is 17.6 Å². The van der Waals surface area contributed by atoms with Crippen LogP contribution in [0.4, 0.5) is 10.1 Å². The molecular weight excluding hydrogens is 395 g/mol. The van der Waals surface area contributed by atoms with E-state index in [1.165, 1.54) is 18.2 Å². The van der Waals surface area contributed by atoms with Gasteiger partial charge in [-0.05, 0) is 77.6 Å². The van der Waals surface area contributed by atoms with Gasteiger partial charge in [-0.2, -0.15) is 0 Å². The summed E-state index contributed by atoms with van der Waals surface area (Å²) in [5, 5.41) is 18.5. The van der Waals surface area contributed by atoms with E-state index in [1.54, 1.807) is 29.8 Å². The van der Waals surface area contributed by atoms with Crippen LogP contribution in [0.3, 0.4) is 0 Å². The first-order valence-electron chi connectivity index (χ1n) is 10.1. The lowest BCUT2D eigenvalue weighted by Gasteiger charge is -2.39. The fourth-order valence-electron chi connectivity index (χ4n) is 4.06. The summed E-state index contributed by atoms with van der Waals surface area (Å²) in [5.41, 5.74) is 6.75. The number of carbonyl (C=O) groups is 1. The minimum atomic E-state index is -0.582. The zero-order valence-electron chi connectivity index (χ0n) is 16.8. The molecule has 1 aliphatic rings. The number of aromatic hydroxyl groups is 1. The topological polar surface area (TPSA) is 72.8 Å². The van der Waals surface area contributed by atoms with Crippen LogP contribution in [0.15, 0.2) is 72.8 Å². The van der Waals surface area contributed by atoms with E-state index >= 15 is 0 Å². The normalized spacial score (nSPS) is 15.7. The molecule has 1 heterocycles. The van der Waals surface area contributed by atoms with Crippen molar-refractivity contribution in [1.82, 2.24) is 5.48 Å². The number of hydrogen-bond acceptors (Lipinski definition) is 4. The number of phenols is 1. The molecule has 0 radical (unpaired) electrons. The van der Waals surface area contributed by atoms with Gasteiger partial charge < -0.3 is 10.0 Å². The smallest absolute Gasteiger partial charge is 0.267 e. The van der Waals surface area contributed by atoms with E-state index in [4.69, 9.17) is 5.21 Å². The molecule has 0 aromatic heterocycles. The number of nitrogens with one attached hydrogen (secondary N) is 1. The van der Waals surface area contributed by atoms with Gasteiger partial charge >= 0.3 is 0 Å². The van der Waals surface area contributed by atoms with Crippen LogP contribution in [0.1, 0.15) is 28.3 Å². The third-order valence-corrected chi connectivity index (χ3v) is 5.59. The maximum absolute atomic E-state index is 13.5. The Morgan fingerprint density at radius 1 is 1.10 bits per heavy atom. The molecule has 1 amide bonds. The lowest BCUT2D eigenvalue weighted by molar-refractivity contribution is -0.124. The quantitative estimate of drug-likeness (QED) is 0.326. The van der Waals surface area contributed by atoms with E-state index in [1.807, 2.05) is 36.4 Å². The van der Waals surface area contributed by atoms with Gasteiger partial charge in [0, 0.05) is 18.3 Å². The van der Waals surface area contributed by atoms with Crippen molar-refractivity contribution in [1.29, 1.82) is 0 Å². The highest BCUT2D eigenvalue weighted by atomic mass is 19.1. The van der Waals surface area contributed by atoms with Crippen molar-refractivity contribution in [2.75, 3.05) is 11.4 Å². The first-order chi connectivity index (χ1) is 15.0. The number of carbonyl (C=O) groups excluding carboxylic acids is 1. The molecule has 1 atom stereocenters. The average Bonchev–Trinajstić information content (AvgIpc) is 2.79. The minimum Gasteiger partial charge on any atom is -0.508 e. The Balaban J connectivity index is 1.63. The molecule has 0 aliphatic carbocycles. The van der Waals surface area contributed by atoms with Crippen molar-refractivity contribution in [3.63, 3.8) is 0 Å². The van der Waals surface area contributed by atoms with Crippen molar-refractivity contribution in [3.8, 4) is 5.75 Å². The summed E-state index contributed by atoms with van der Waals surface area (Å²) in [4.78, 5) is 13.4. The molecule has 158 valence electrons. The maximum Gasteiger partial charge on any atom is 0.267 e. The summed E-state index contributed by atoms with van der Waals surface area (Å²) >= 11 is 0. The van der Waals surface area contributed by atoms with Gasteiger partial charge in [-0.25, -0.2) is 9.87 Å². The molecule has 3 N–H and O–H groups in total. The zero-order chi connectivity index (χ0) is 21.8. The molecule has 3 aromatic carbocycles. The minimum absolute atomic E-state index is 0.0383. The Labute approximate surface area is 180 Å². The van der Waals surface area contributed by atoms with Gasteiger partial charge in [0.05, 0.1) is 6.04 Å². The molecule has 0 fully saturated rings. The number of hydroxylamine groups is 1. The SMILES string of the molecule is O=C(/C=C/c1ccc(CC2c3ccc(O)cc3CCN2c2ccc(F)cc2)cc1)NO. The molecule has 6 heteroatoms. The fraction of sp³-hybridized carbons (Fsp3) is 0.160. The Hall–Kier alpha value is -3.64. The predicted molar refractivity (Wildman–Crippen MR) is 117 cm³/mol. The molecule has 0 spiro atoms. The van der Waals surface area contributed by atoms with Gasteiger partial charge in [0.15, 0.2) is 0 Å². The van der Waals surface area contributed by atoms with Crippen LogP contribution >= 0.6 is 0 Å². The monoisotopic (exact) mass is 418 g/mol. The second-order valence-corrected chi connectivity index (χ2v) is 7.57. The number of amides is 1. The first kappa shape index (κ1) is 20.6. The van der Waals surface area contributed by atoms with Gasteiger partial charge in [-0.3, -0.25) is 10.0 Å². The van der Waals surface area contributed by atoms with Gasteiger partial charge in [0.2, 0.25) is 0 Å². The number of benzene rings is 3. The van der Waals surface area contributed by atoms with E-state index in [0.717, 1.165) is 47.3 Å². The Kier molecular flexibility index (Phi) is 6.00.